The van der Waals surface area contributed by atoms with E-state index < -0.39 is 5.97 Å². The summed E-state index contributed by atoms with van der Waals surface area (Å²) in [5.41, 5.74) is 4.93. The number of hydrogen-bond acceptors (Lipinski definition) is 6. The summed E-state index contributed by atoms with van der Waals surface area (Å²) in [6.07, 6.45) is 5.79. The number of nitrogens with zero attached hydrogens (tertiary/aromatic N) is 2. The quantitative estimate of drug-likeness (QED) is 0.265. The SMILES string of the molecule is Cc1cccc(Cl)c1-c1noc(C2CC2)c1COc1ccc2c(n1)C=Cc1ccc(C(=O)O)cc1O2. The third-order valence-electron chi connectivity index (χ3n) is 6.35. The van der Waals surface area contributed by atoms with Crippen molar-refractivity contribution >= 4 is 29.7 Å². The second-order valence-electron chi connectivity index (χ2n) is 8.89. The predicted octanol–water partition coefficient (Wildman–Crippen LogP) is 7.13. The number of rotatable bonds is 6. The van der Waals surface area contributed by atoms with Gasteiger partial charge in [0.05, 0.1) is 16.1 Å². The molecule has 2 aromatic heterocycles. The van der Waals surface area contributed by atoms with Crippen molar-refractivity contribution in [3.63, 3.8) is 0 Å². The van der Waals surface area contributed by atoms with E-state index in [9.17, 15) is 9.90 Å². The van der Waals surface area contributed by atoms with Gasteiger partial charge >= 0.3 is 5.97 Å². The standard InChI is InChI=1S/C28H21ClN2O5/c1-15-3-2-4-20(29)25(15)26-19(27(36-31-26)17-6-7-17)14-34-24-12-11-22-21(30-24)10-9-16-5-8-18(28(32)33)13-23(16)35-22/h2-5,8-13,17H,6-7,14H2,1H3,(H,32,33). The van der Waals surface area contributed by atoms with Crippen LogP contribution in [0.4, 0.5) is 0 Å². The van der Waals surface area contributed by atoms with Gasteiger partial charge in [0.2, 0.25) is 5.88 Å². The Hall–Kier alpha value is -4.10. The molecule has 2 aromatic carbocycles. The van der Waals surface area contributed by atoms with Gasteiger partial charge in [0.15, 0.2) is 5.75 Å². The van der Waals surface area contributed by atoms with Crippen LogP contribution in [0.1, 0.15) is 57.3 Å². The van der Waals surface area contributed by atoms with Crippen molar-refractivity contribution in [2.45, 2.75) is 32.3 Å². The molecule has 36 heavy (non-hydrogen) atoms. The molecule has 180 valence electrons. The van der Waals surface area contributed by atoms with Crippen molar-refractivity contribution in [3.05, 3.63) is 87.3 Å². The number of aromatic carboxylic acids is 1. The highest BCUT2D eigenvalue weighted by atomic mass is 35.5. The van der Waals surface area contributed by atoms with Crippen molar-refractivity contribution in [1.82, 2.24) is 10.1 Å². The topological polar surface area (TPSA) is 94.7 Å². The number of halogens is 1. The number of aromatic nitrogens is 2. The summed E-state index contributed by atoms with van der Waals surface area (Å²) < 4.78 is 17.9. The fourth-order valence-electron chi connectivity index (χ4n) is 4.31. The second-order valence-corrected chi connectivity index (χ2v) is 9.30. The van der Waals surface area contributed by atoms with Crippen LogP contribution in [0, 0.1) is 6.92 Å². The molecule has 6 rings (SSSR count). The fourth-order valence-corrected chi connectivity index (χ4v) is 4.62. The van der Waals surface area contributed by atoms with E-state index in [1.54, 1.807) is 24.3 Å². The molecular formula is C28H21ClN2O5. The van der Waals surface area contributed by atoms with Gasteiger partial charge in [-0.1, -0.05) is 35.0 Å². The van der Waals surface area contributed by atoms with Crippen molar-refractivity contribution in [2.24, 2.45) is 0 Å². The van der Waals surface area contributed by atoms with Gasteiger partial charge in [-0.05, 0) is 61.7 Å². The Bertz CT molecular complexity index is 1520. The third-order valence-corrected chi connectivity index (χ3v) is 6.67. The molecule has 0 radical (unpaired) electrons. The van der Waals surface area contributed by atoms with Crippen LogP contribution < -0.4 is 9.47 Å². The minimum Gasteiger partial charge on any atom is -0.478 e. The Morgan fingerprint density at radius 3 is 2.78 bits per heavy atom. The molecule has 0 amide bonds. The van der Waals surface area contributed by atoms with Crippen LogP contribution in [0.5, 0.6) is 17.4 Å². The van der Waals surface area contributed by atoms with Crippen LogP contribution >= 0.6 is 11.6 Å². The summed E-state index contributed by atoms with van der Waals surface area (Å²) in [5, 5.41) is 14.3. The van der Waals surface area contributed by atoms with Crippen LogP contribution in [0.2, 0.25) is 5.02 Å². The molecule has 1 fully saturated rings. The maximum atomic E-state index is 11.3. The lowest BCUT2D eigenvalue weighted by atomic mass is 10.0. The molecule has 4 aromatic rings. The number of carboxylic acids is 1. The molecule has 0 spiro atoms. The zero-order valence-electron chi connectivity index (χ0n) is 19.3. The minimum atomic E-state index is -1.01. The molecule has 1 aliphatic heterocycles. The number of fused-ring (bicyclic) bond motifs is 2. The highest BCUT2D eigenvalue weighted by Crippen LogP contribution is 2.45. The molecule has 7 nitrogen and oxygen atoms in total. The number of aryl methyl sites for hydroxylation is 1. The van der Waals surface area contributed by atoms with E-state index in [2.05, 4.69) is 10.1 Å². The Labute approximate surface area is 211 Å². The number of ether oxygens (including phenoxy) is 2. The van der Waals surface area contributed by atoms with Gasteiger partial charge in [-0.3, -0.25) is 0 Å². The zero-order valence-corrected chi connectivity index (χ0v) is 20.1. The minimum absolute atomic E-state index is 0.156. The van der Waals surface area contributed by atoms with Crippen molar-refractivity contribution in [1.29, 1.82) is 0 Å². The predicted molar refractivity (Wildman–Crippen MR) is 135 cm³/mol. The number of pyridine rings is 1. The molecule has 1 aliphatic carbocycles. The molecule has 0 unspecified atom stereocenters. The summed E-state index contributed by atoms with van der Waals surface area (Å²) in [6.45, 7) is 2.23. The largest absolute Gasteiger partial charge is 0.478 e. The Kier molecular flexibility index (Phi) is 5.49. The Morgan fingerprint density at radius 1 is 1.14 bits per heavy atom. The monoisotopic (exact) mass is 500 g/mol. The molecule has 2 aliphatic rings. The van der Waals surface area contributed by atoms with E-state index in [4.69, 9.17) is 25.6 Å². The van der Waals surface area contributed by atoms with Crippen LogP contribution in [0.15, 0.2) is 53.1 Å². The van der Waals surface area contributed by atoms with Gasteiger partial charge in [-0.2, -0.15) is 0 Å². The summed E-state index contributed by atoms with van der Waals surface area (Å²) in [6, 6.07) is 14.0. The number of hydrogen-bond donors (Lipinski definition) is 1. The molecule has 0 bridgehead atoms. The number of benzene rings is 2. The second kappa shape index (κ2) is 8.84. The molecule has 0 atom stereocenters. The fraction of sp³-hybridized carbons (Fsp3) is 0.179. The number of carboxylic acid groups (broad SMARTS) is 1. The van der Waals surface area contributed by atoms with Gasteiger partial charge in [0.25, 0.3) is 0 Å². The van der Waals surface area contributed by atoms with Gasteiger partial charge in [-0.25, -0.2) is 9.78 Å². The molecular weight excluding hydrogens is 480 g/mol. The first-order valence-electron chi connectivity index (χ1n) is 11.6. The van der Waals surface area contributed by atoms with E-state index in [0.717, 1.165) is 40.9 Å². The van der Waals surface area contributed by atoms with Crippen molar-refractivity contribution in [3.8, 4) is 28.6 Å². The summed E-state index contributed by atoms with van der Waals surface area (Å²) in [4.78, 5) is 15.9. The first-order valence-corrected chi connectivity index (χ1v) is 12.0. The molecule has 1 N–H and O–H groups in total. The first-order chi connectivity index (χ1) is 17.5. The van der Waals surface area contributed by atoms with E-state index >= 15 is 0 Å². The van der Waals surface area contributed by atoms with E-state index in [1.807, 2.05) is 37.3 Å². The van der Waals surface area contributed by atoms with Crippen molar-refractivity contribution in [2.75, 3.05) is 0 Å². The van der Waals surface area contributed by atoms with Crippen LogP contribution in [-0.2, 0) is 6.61 Å². The van der Waals surface area contributed by atoms with E-state index in [0.29, 0.717) is 39.7 Å². The molecule has 8 heteroatoms. The zero-order chi connectivity index (χ0) is 24.8. The normalized spacial score (nSPS) is 13.9. The summed E-state index contributed by atoms with van der Waals surface area (Å²) >= 11 is 6.53. The lowest BCUT2D eigenvalue weighted by Gasteiger charge is -2.12. The maximum Gasteiger partial charge on any atom is 0.335 e. The lowest BCUT2D eigenvalue weighted by Crippen LogP contribution is -2.02. The average Bonchev–Trinajstić information content (AvgIpc) is 3.65. The lowest BCUT2D eigenvalue weighted by molar-refractivity contribution is 0.0696. The van der Waals surface area contributed by atoms with Crippen LogP contribution in [0.25, 0.3) is 23.4 Å². The average molecular weight is 501 g/mol. The smallest absolute Gasteiger partial charge is 0.335 e. The third kappa shape index (κ3) is 4.12. The van der Waals surface area contributed by atoms with Gasteiger partial charge in [-0.15, -0.1) is 0 Å². The Balaban J connectivity index is 1.29. The Morgan fingerprint density at radius 2 is 2.00 bits per heavy atom. The highest BCUT2D eigenvalue weighted by Gasteiger charge is 2.33. The van der Waals surface area contributed by atoms with E-state index in [1.165, 1.54) is 6.07 Å². The molecule has 1 saturated carbocycles. The maximum absolute atomic E-state index is 11.3. The number of carbonyl (C=O) groups is 1. The molecule has 3 heterocycles. The summed E-state index contributed by atoms with van der Waals surface area (Å²) in [7, 11) is 0. The van der Waals surface area contributed by atoms with Crippen molar-refractivity contribution < 1.29 is 23.9 Å². The molecule has 0 saturated heterocycles. The van der Waals surface area contributed by atoms with Crippen LogP contribution in [-0.4, -0.2) is 21.2 Å². The first kappa shape index (κ1) is 22.4. The van der Waals surface area contributed by atoms with Crippen LogP contribution in [0.3, 0.4) is 0 Å². The van der Waals surface area contributed by atoms with Gasteiger partial charge in [0, 0.05) is 23.1 Å². The van der Waals surface area contributed by atoms with Gasteiger partial charge < -0.3 is 19.1 Å². The van der Waals surface area contributed by atoms with E-state index in [-0.39, 0.29) is 12.2 Å². The van der Waals surface area contributed by atoms with Gasteiger partial charge in [0.1, 0.15) is 29.5 Å². The summed E-state index contributed by atoms with van der Waals surface area (Å²) in [5.74, 6) is 1.56. The highest BCUT2D eigenvalue weighted by molar-refractivity contribution is 6.33.